The smallest absolute Gasteiger partial charge is 0.279 e. The molecule has 9 nitrogen and oxygen atoms in total. The van der Waals surface area contributed by atoms with E-state index < -0.39 is 23.0 Å². The second kappa shape index (κ2) is 8.20. The van der Waals surface area contributed by atoms with Gasteiger partial charge in [0.2, 0.25) is 5.95 Å². The van der Waals surface area contributed by atoms with E-state index in [0.29, 0.717) is 25.5 Å². The summed E-state index contributed by atoms with van der Waals surface area (Å²) in [7, 11) is 3.35. The number of nitrogens with zero attached hydrogens (tertiary/aromatic N) is 7. The third kappa shape index (κ3) is 3.69. The second-order valence-electron chi connectivity index (χ2n) is 8.10. The number of fused-ring (bicyclic) bond motifs is 1. The monoisotopic (exact) mass is 471 g/mol. The van der Waals surface area contributed by atoms with Gasteiger partial charge in [-0.3, -0.25) is 14.0 Å². The van der Waals surface area contributed by atoms with E-state index in [1.807, 2.05) is 11.1 Å². The van der Waals surface area contributed by atoms with Crippen LogP contribution in [0.2, 0.25) is 0 Å². The Bertz CT molecular complexity index is 1460. The van der Waals surface area contributed by atoms with Crippen molar-refractivity contribution in [3.63, 3.8) is 0 Å². The quantitative estimate of drug-likeness (QED) is 0.424. The average molecular weight is 471 g/mol. The van der Waals surface area contributed by atoms with Gasteiger partial charge in [-0.25, -0.2) is 28.1 Å². The van der Waals surface area contributed by atoms with E-state index in [1.165, 1.54) is 4.57 Å². The molecule has 1 fully saturated rings. The van der Waals surface area contributed by atoms with Crippen LogP contribution in [-0.4, -0.2) is 49.0 Å². The van der Waals surface area contributed by atoms with Crippen molar-refractivity contribution >= 4 is 17.0 Å². The third-order valence-electron chi connectivity index (χ3n) is 5.84. The predicted molar refractivity (Wildman–Crippen MR) is 117 cm³/mol. The molecule has 0 aliphatic carbocycles. The molecule has 0 amide bonds. The Kier molecular flexibility index (Phi) is 5.31. The summed E-state index contributed by atoms with van der Waals surface area (Å²) in [5.74, 6) is -3.79. The Morgan fingerprint density at radius 3 is 2.47 bits per heavy atom. The lowest BCUT2D eigenvalue weighted by atomic mass is 10.1. The van der Waals surface area contributed by atoms with Gasteiger partial charge in [-0.1, -0.05) is 0 Å². The molecule has 0 radical (unpaired) electrons. The molecule has 4 heterocycles. The van der Waals surface area contributed by atoms with Crippen LogP contribution in [0.1, 0.15) is 17.5 Å². The summed E-state index contributed by atoms with van der Waals surface area (Å²) < 4.78 is 50.6. The number of halogens is 3. The zero-order valence-corrected chi connectivity index (χ0v) is 18.6. The van der Waals surface area contributed by atoms with Crippen LogP contribution in [0.3, 0.4) is 0 Å². The van der Waals surface area contributed by atoms with Crippen molar-refractivity contribution in [2.24, 2.45) is 14.1 Å². The van der Waals surface area contributed by atoms with Crippen LogP contribution < -0.4 is 10.5 Å². The highest BCUT2D eigenvalue weighted by Gasteiger charge is 2.27. The van der Waals surface area contributed by atoms with E-state index in [0.717, 1.165) is 17.7 Å². The molecule has 0 bridgehead atoms. The normalized spacial score (nSPS) is 16.4. The molecular weight excluding hydrogens is 451 g/mol. The number of hydrogen-bond donors (Lipinski definition) is 0. The van der Waals surface area contributed by atoms with E-state index >= 15 is 0 Å². The van der Waals surface area contributed by atoms with Gasteiger partial charge in [-0.05, 0) is 19.1 Å². The third-order valence-corrected chi connectivity index (χ3v) is 5.84. The molecule has 5 rings (SSSR count). The maximum atomic E-state index is 14.1. The Morgan fingerprint density at radius 2 is 1.79 bits per heavy atom. The topological polar surface area (TPSA) is 91.0 Å². The van der Waals surface area contributed by atoms with Crippen LogP contribution in [0.5, 0.6) is 0 Å². The minimum Gasteiger partial charge on any atom is -0.370 e. The van der Waals surface area contributed by atoms with Crippen molar-refractivity contribution in [2.45, 2.75) is 13.0 Å². The van der Waals surface area contributed by atoms with Gasteiger partial charge >= 0.3 is 0 Å². The first-order chi connectivity index (χ1) is 16.2. The summed E-state index contributed by atoms with van der Waals surface area (Å²) in [5, 5.41) is 4.17. The van der Waals surface area contributed by atoms with E-state index in [1.54, 1.807) is 31.9 Å². The lowest BCUT2D eigenvalue weighted by Crippen LogP contribution is -2.39. The lowest BCUT2D eigenvalue weighted by Gasteiger charge is -2.32. The van der Waals surface area contributed by atoms with Gasteiger partial charge in [0.25, 0.3) is 5.56 Å². The molecule has 0 unspecified atom stereocenters. The highest BCUT2D eigenvalue weighted by molar-refractivity contribution is 5.89. The number of ether oxygens (including phenoxy) is 1. The summed E-state index contributed by atoms with van der Waals surface area (Å²) in [6, 6.07) is 1.66. The molecule has 3 aromatic heterocycles. The van der Waals surface area contributed by atoms with E-state index in [4.69, 9.17) is 4.74 Å². The molecule has 34 heavy (non-hydrogen) atoms. The summed E-state index contributed by atoms with van der Waals surface area (Å²) in [6.07, 6.45) is 3.23. The molecule has 1 aliphatic heterocycles. The highest BCUT2D eigenvalue weighted by Crippen LogP contribution is 2.30. The molecule has 0 saturated carbocycles. The first-order valence-electron chi connectivity index (χ1n) is 10.5. The first kappa shape index (κ1) is 22.0. The SMILES string of the molecule is Cc1nc2c(-c3cc(F)c(F)c(F)c3)nc(N3CCO[C@@H](c4cnn(C)c4)C3)nc2c(=O)n1C. The molecule has 176 valence electrons. The molecule has 1 atom stereocenters. The van der Waals surface area contributed by atoms with Crippen LogP contribution in [0.15, 0.2) is 29.3 Å². The molecular formula is C22H20F3N7O2. The summed E-state index contributed by atoms with van der Waals surface area (Å²) >= 11 is 0. The number of anilines is 1. The van der Waals surface area contributed by atoms with Crippen molar-refractivity contribution in [3.8, 4) is 11.3 Å². The van der Waals surface area contributed by atoms with E-state index in [2.05, 4.69) is 20.1 Å². The molecule has 0 N–H and O–H groups in total. The van der Waals surface area contributed by atoms with Gasteiger partial charge < -0.3 is 9.64 Å². The van der Waals surface area contributed by atoms with Crippen molar-refractivity contribution in [2.75, 3.05) is 24.6 Å². The summed E-state index contributed by atoms with van der Waals surface area (Å²) in [4.78, 5) is 28.2. The minimum absolute atomic E-state index is 0.0114. The molecule has 4 aromatic rings. The largest absolute Gasteiger partial charge is 0.370 e. The van der Waals surface area contributed by atoms with Gasteiger partial charge in [0, 0.05) is 38.0 Å². The maximum absolute atomic E-state index is 14.1. The number of benzene rings is 1. The van der Waals surface area contributed by atoms with Gasteiger partial charge in [-0.15, -0.1) is 0 Å². The minimum atomic E-state index is -1.59. The Labute approximate surface area is 191 Å². The fraction of sp³-hybridized carbons (Fsp3) is 0.318. The van der Waals surface area contributed by atoms with Gasteiger partial charge in [-0.2, -0.15) is 5.10 Å². The molecule has 0 spiro atoms. The van der Waals surface area contributed by atoms with E-state index in [-0.39, 0.29) is 34.3 Å². The summed E-state index contributed by atoms with van der Waals surface area (Å²) in [5.41, 5.74) is 0.469. The average Bonchev–Trinajstić information content (AvgIpc) is 3.27. The molecule has 1 aliphatic rings. The maximum Gasteiger partial charge on any atom is 0.279 e. The fourth-order valence-corrected chi connectivity index (χ4v) is 3.91. The van der Waals surface area contributed by atoms with Crippen molar-refractivity contribution in [1.82, 2.24) is 29.3 Å². The zero-order valence-electron chi connectivity index (χ0n) is 18.6. The van der Waals surface area contributed by atoms with Crippen LogP contribution in [0.4, 0.5) is 19.1 Å². The number of rotatable bonds is 3. The summed E-state index contributed by atoms with van der Waals surface area (Å²) in [6.45, 7) is 2.76. The number of morpholine rings is 1. The van der Waals surface area contributed by atoms with Crippen LogP contribution >= 0.6 is 0 Å². The number of aromatic nitrogens is 6. The Balaban J connectivity index is 1.68. The molecule has 12 heteroatoms. The Hall–Kier alpha value is -3.80. The van der Waals surface area contributed by atoms with Crippen molar-refractivity contribution in [1.29, 1.82) is 0 Å². The van der Waals surface area contributed by atoms with E-state index in [9.17, 15) is 18.0 Å². The zero-order chi connectivity index (χ0) is 24.1. The lowest BCUT2D eigenvalue weighted by molar-refractivity contribution is 0.0392. The number of hydrogen-bond acceptors (Lipinski definition) is 7. The van der Waals surface area contributed by atoms with Crippen molar-refractivity contribution in [3.05, 3.63) is 63.7 Å². The first-order valence-corrected chi connectivity index (χ1v) is 10.5. The number of aryl methyl sites for hydroxylation is 2. The van der Waals surface area contributed by atoms with Crippen LogP contribution in [0, 0.1) is 24.4 Å². The molecule has 1 aromatic carbocycles. The van der Waals surface area contributed by atoms with Gasteiger partial charge in [0.05, 0.1) is 19.3 Å². The van der Waals surface area contributed by atoms with Crippen LogP contribution in [0.25, 0.3) is 22.3 Å². The van der Waals surface area contributed by atoms with Gasteiger partial charge in [0.15, 0.2) is 23.0 Å². The standard InChI is InChI=1S/C22H20F3N7O2/c1-11-27-19-18(12-6-14(23)17(25)15(24)7-12)28-22(29-20(19)21(33)31(11)3)32-4-5-34-16(10-32)13-8-26-30(2)9-13/h6-9,16H,4-5,10H2,1-3H3/t16-/m1/s1. The second-order valence-corrected chi connectivity index (χ2v) is 8.10. The molecule has 1 saturated heterocycles. The van der Waals surface area contributed by atoms with Crippen molar-refractivity contribution < 1.29 is 17.9 Å². The highest BCUT2D eigenvalue weighted by atomic mass is 19.2. The van der Waals surface area contributed by atoms with Gasteiger partial charge in [0.1, 0.15) is 23.1 Å². The Morgan fingerprint density at radius 1 is 1.06 bits per heavy atom. The van der Waals surface area contributed by atoms with Crippen LogP contribution in [-0.2, 0) is 18.8 Å². The fourth-order valence-electron chi connectivity index (χ4n) is 3.91. The predicted octanol–water partition coefficient (Wildman–Crippen LogP) is 2.43.